The van der Waals surface area contributed by atoms with Gasteiger partial charge in [-0.15, -0.1) is 0 Å². The maximum Gasteiger partial charge on any atom is 0.268 e. The molecule has 1 aromatic carbocycles. The first-order chi connectivity index (χ1) is 17.4. The highest BCUT2D eigenvalue weighted by atomic mass is 32.2. The molecule has 9 nitrogen and oxygen atoms in total. The Morgan fingerprint density at radius 2 is 1.92 bits per heavy atom. The average Bonchev–Trinajstić information content (AvgIpc) is 3.12. The number of hydrogen-bond acceptors (Lipinski definition) is 8. The number of benzene rings is 1. The van der Waals surface area contributed by atoms with Gasteiger partial charge in [-0.3, -0.25) is 4.79 Å². The van der Waals surface area contributed by atoms with Crippen molar-refractivity contribution in [2.45, 2.75) is 37.6 Å². The molecule has 3 N–H and O–H groups in total. The Kier molecular flexibility index (Phi) is 6.80. The van der Waals surface area contributed by atoms with E-state index in [4.69, 9.17) is 10.5 Å². The van der Waals surface area contributed by atoms with Crippen molar-refractivity contribution in [1.82, 2.24) is 14.7 Å². The van der Waals surface area contributed by atoms with Gasteiger partial charge in [-0.05, 0) is 62.6 Å². The van der Waals surface area contributed by atoms with Gasteiger partial charge in [0.05, 0.1) is 18.4 Å². The molecule has 1 amide bonds. The molecule has 1 atom stereocenters. The summed E-state index contributed by atoms with van der Waals surface area (Å²) in [5, 5.41) is 0. The molecule has 1 aliphatic heterocycles. The Morgan fingerprint density at radius 1 is 1.19 bits per heavy atom. The van der Waals surface area contributed by atoms with Gasteiger partial charge in [0.1, 0.15) is 16.5 Å². The van der Waals surface area contributed by atoms with Gasteiger partial charge in [-0.25, -0.2) is 27.5 Å². The standard InChI is InChI=1S/C25H27F2N5O4S/c1-14-11-13-32(25(14,2)3)23-16(24(33)31-37(34,35)19-6-5-12-29-22(19)28)7-9-17(30-23)15-8-10-18(36-4)21(27)20(15)26/h5-10,12,14H,11,13H2,1-4H3,(H2,28,29)(H,31,33). The van der Waals surface area contributed by atoms with Gasteiger partial charge in [-0.2, -0.15) is 4.39 Å². The van der Waals surface area contributed by atoms with Gasteiger partial charge in [0, 0.05) is 23.8 Å². The summed E-state index contributed by atoms with van der Waals surface area (Å²) in [7, 11) is -3.13. The number of sulfonamides is 1. The highest BCUT2D eigenvalue weighted by molar-refractivity contribution is 7.90. The van der Waals surface area contributed by atoms with Crippen molar-refractivity contribution >= 4 is 27.6 Å². The van der Waals surface area contributed by atoms with Crippen LogP contribution in [-0.4, -0.2) is 43.5 Å². The molecule has 0 spiro atoms. The minimum absolute atomic E-state index is 0.0497. The number of nitrogens with zero attached hydrogens (tertiary/aromatic N) is 3. The summed E-state index contributed by atoms with van der Waals surface area (Å²) < 4.78 is 61.9. The van der Waals surface area contributed by atoms with Gasteiger partial charge < -0.3 is 15.4 Å². The zero-order valence-corrected chi connectivity index (χ0v) is 21.6. The molecule has 0 bridgehead atoms. The number of methoxy groups -OCH3 is 1. The third-order valence-corrected chi connectivity index (χ3v) is 8.30. The summed E-state index contributed by atoms with van der Waals surface area (Å²) in [4.78, 5) is 23.1. The molecule has 2 aromatic heterocycles. The zero-order valence-electron chi connectivity index (χ0n) is 20.7. The lowest BCUT2D eigenvalue weighted by atomic mass is 9.90. The number of ether oxygens (including phenoxy) is 1. The fourth-order valence-electron chi connectivity index (χ4n) is 4.34. The van der Waals surface area contributed by atoms with Crippen LogP contribution in [0.2, 0.25) is 0 Å². The number of rotatable bonds is 6. The highest BCUT2D eigenvalue weighted by Gasteiger charge is 2.41. The number of nitrogens with two attached hydrogens (primary N) is 1. The largest absolute Gasteiger partial charge is 0.494 e. The fourth-order valence-corrected chi connectivity index (χ4v) is 5.39. The van der Waals surface area contributed by atoms with Gasteiger partial charge in [-0.1, -0.05) is 6.92 Å². The van der Waals surface area contributed by atoms with Crippen LogP contribution in [0.1, 0.15) is 37.6 Å². The van der Waals surface area contributed by atoms with Gasteiger partial charge in [0.2, 0.25) is 5.82 Å². The van der Waals surface area contributed by atoms with Crippen molar-refractivity contribution < 1.29 is 26.7 Å². The van der Waals surface area contributed by atoms with Crippen molar-refractivity contribution in [3.8, 4) is 17.0 Å². The number of nitrogen functional groups attached to an aromatic ring is 1. The third kappa shape index (κ3) is 4.68. The molecule has 0 aliphatic carbocycles. The van der Waals surface area contributed by atoms with Crippen LogP contribution >= 0.6 is 0 Å². The number of aromatic nitrogens is 2. The molecular weight excluding hydrogens is 504 g/mol. The van der Waals surface area contributed by atoms with E-state index in [1.54, 1.807) is 0 Å². The molecule has 1 fully saturated rings. The van der Waals surface area contributed by atoms with Crippen LogP contribution in [-0.2, 0) is 10.0 Å². The van der Waals surface area contributed by atoms with Crippen LogP contribution < -0.4 is 20.1 Å². The Hall–Kier alpha value is -3.80. The van der Waals surface area contributed by atoms with Crippen LogP contribution in [0.5, 0.6) is 5.75 Å². The van der Waals surface area contributed by atoms with Gasteiger partial charge in [0.25, 0.3) is 15.9 Å². The fraction of sp³-hybridized carbons (Fsp3) is 0.320. The zero-order chi connectivity index (χ0) is 27.1. The number of halogens is 2. The minimum atomic E-state index is -4.36. The number of carbonyl (C=O) groups is 1. The van der Waals surface area contributed by atoms with Crippen molar-refractivity contribution in [2.24, 2.45) is 5.92 Å². The van der Waals surface area contributed by atoms with Crippen LogP contribution in [0.25, 0.3) is 11.3 Å². The van der Waals surface area contributed by atoms with Crippen LogP contribution in [0.4, 0.5) is 20.4 Å². The molecule has 0 radical (unpaired) electrons. The van der Waals surface area contributed by atoms with E-state index in [1.165, 1.54) is 49.7 Å². The molecule has 3 aromatic rings. The molecule has 37 heavy (non-hydrogen) atoms. The molecule has 4 rings (SSSR count). The first-order valence-corrected chi connectivity index (χ1v) is 13.0. The lowest BCUT2D eigenvalue weighted by molar-refractivity contribution is 0.0981. The highest BCUT2D eigenvalue weighted by Crippen LogP contribution is 2.40. The Balaban J connectivity index is 1.82. The molecule has 0 saturated carbocycles. The summed E-state index contributed by atoms with van der Waals surface area (Å²) in [5.74, 6) is -3.43. The second-order valence-corrected chi connectivity index (χ2v) is 11.0. The number of amides is 1. The van der Waals surface area contributed by atoms with E-state index < -0.39 is 33.1 Å². The quantitative estimate of drug-likeness (QED) is 0.492. The van der Waals surface area contributed by atoms with E-state index >= 15 is 0 Å². The smallest absolute Gasteiger partial charge is 0.268 e. The summed E-state index contributed by atoms with van der Waals surface area (Å²) in [6.45, 7) is 6.52. The van der Waals surface area contributed by atoms with E-state index in [0.29, 0.717) is 6.54 Å². The molecule has 3 heterocycles. The van der Waals surface area contributed by atoms with E-state index in [0.717, 1.165) is 6.42 Å². The first kappa shape index (κ1) is 26.3. The predicted octanol–water partition coefficient (Wildman–Crippen LogP) is 3.76. The Morgan fingerprint density at radius 3 is 2.54 bits per heavy atom. The molecule has 196 valence electrons. The van der Waals surface area contributed by atoms with Crippen LogP contribution in [0, 0.1) is 17.6 Å². The topological polar surface area (TPSA) is 128 Å². The molecule has 12 heteroatoms. The Bertz CT molecular complexity index is 1480. The normalized spacial score (nSPS) is 17.0. The van der Waals surface area contributed by atoms with Crippen molar-refractivity contribution in [2.75, 3.05) is 24.3 Å². The molecule has 1 aliphatic rings. The molecule has 1 saturated heterocycles. The van der Waals surface area contributed by atoms with Crippen molar-refractivity contribution in [3.05, 3.63) is 59.8 Å². The molecule has 1 unspecified atom stereocenters. The van der Waals surface area contributed by atoms with E-state index in [1.807, 2.05) is 23.5 Å². The van der Waals surface area contributed by atoms with Crippen LogP contribution in [0.3, 0.4) is 0 Å². The summed E-state index contributed by atoms with van der Waals surface area (Å²) in [6, 6.07) is 7.90. The SMILES string of the molecule is COc1ccc(-c2ccc(C(=O)NS(=O)(=O)c3cccnc3N)c(N3CCC(C)C3(C)C)n2)c(F)c1F. The van der Waals surface area contributed by atoms with Crippen molar-refractivity contribution in [3.63, 3.8) is 0 Å². The predicted molar refractivity (Wildman–Crippen MR) is 135 cm³/mol. The lowest BCUT2D eigenvalue weighted by Gasteiger charge is -2.36. The maximum absolute atomic E-state index is 14.9. The number of pyridine rings is 2. The monoisotopic (exact) mass is 531 g/mol. The second kappa shape index (κ2) is 9.58. The molecular formula is C25H27F2N5O4S. The maximum atomic E-state index is 14.9. The van der Waals surface area contributed by atoms with Crippen molar-refractivity contribution in [1.29, 1.82) is 0 Å². The van der Waals surface area contributed by atoms with Gasteiger partial charge in [0.15, 0.2) is 11.6 Å². The minimum Gasteiger partial charge on any atom is -0.494 e. The second-order valence-electron chi connectivity index (χ2n) is 9.33. The summed E-state index contributed by atoms with van der Waals surface area (Å²) in [5.41, 5.74) is 5.12. The first-order valence-electron chi connectivity index (χ1n) is 11.5. The number of carbonyl (C=O) groups excluding carboxylic acids is 1. The van der Waals surface area contributed by atoms with Gasteiger partial charge >= 0.3 is 0 Å². The van der Waals surface area contributed by atoms with E-state index in [2.05, 4.69) is 16.9 Å². The van der Waals surface area contributed by atoms with E-state index in [9.17, 15) is 22.0 Å². The average molecular weight is 532 g/mol. The number of hydrogen-bond donors (Lipinski definition) is 2. The Labute approximate surface area is 213 Å². The lowest BCUT2D eigenvalue weighted by Crippen LogP contribution is -2.43. The van der Waals surface area contributed by atoms with E-state index in [-0.39, 0.29) is 45.0 Å². The summed E-state index contributed by atoms with van der Waals surface area (Å²) in [6.07, 6.45) is 2.12. The third-order valence-electron chi connectivity index (χ3n) is 6.92. The van der Waals surface area contributed by atoms with Crippen LogP contribution in [0.15, 0.2) is 47.5 Å². The number of nitrogens with one attached hydrogen (secondary N) is 1. The summed E-state index contributed by atoms with van der Waals surface area (Å²) >= 11 is 0. The number of anilines is 2.